The molecule has 8 aromatic rings. The molecule has 6 aromatic carbocycles. The molecule has 0 atom stereocenters. The third kappa shape index (κ3) is 6.92. The molecule has 0 saturated heterocycles. The molecule has 276 valence electrons. The van der Waals surface area contributed by atoms with Crippen molar-refractivity contribution in [2.75, 3.05) is 0 Å². The van der Waals surface area contributed by atoms with Gasteiger partial charge in [-0.05, 0) is 131 Å². The van der Waals surface area contributed by atoms with Crippen LogP contribution in [0.15, 0.2) is 164 Å². The first-order chi connectivity index (χ1) is 28.0. The summed E-state index contributed by atoms with van der Waals surface area (Å²) in [6.07, 6.45) is 4.40. The lowest BCUT2D eigenvalue weighted by Crippen LogP contribution is -2.12. The molecule has 0 spiro atoms. The second-order valence-corrected chi connectivity index (χ2v) is 15.9. The number of benzene rings is 6. The zero-order valence-corrected chi connectivity index (χ0v) is 32.2. The van der Waals surface area contributed by atoms with E-state index in [0.29, 0.717) is 37.1 Å². The van der Waals surface area contributed by atoms with Crippen molar-refractivity contribution in [2.45, 2.75) is 63.7 Å². The van der Waals surface area contributed by atoms with Crippen molar-refractivity contribution >= 4 is 11.0 Å². The fourth-order valence-electron chi connectivity index (χ4n) is 8.15. The van der Waals surface area contributed by atoms with Crippen LogP contribution in [0, 0.1) is 0 Å². The Hall–Kier alpha value is -6.26. The molecule has 0 unspecified atom stereocenters. The molecule has 0 aliphatic heterocycles. The van der Waals surface area contributed by atoms with Gasteiger partial charge in [-0.3, -0.25) is 9.55 Å². The molecule has 56 heavy (non-hydrogen) atoms. The van der Waals surface area contributed by atoms with E-state index in [9.17, 15) is 7.85 Å². The van der Waals surface area contributed by atoms with Crippen LogP contribution in [-0.2, 0) is 5.41 Å². The number of fused-ring (bicyclic) bond motifs is 1. The van der Waals surface area contributed by atoms with Crippen LogP contribution >= 0.6 is 0 Å². The number of hydrogen-bond acceptors (Lipinski definition) is 3. The van der Waals surface area contributed by atoms with Gasteiger partial charge in [0.2, 0.25) is 0 Å². The van der Waals surface area contributed by atoms with Crippen LogP contribution in [0.4, 0.5) is 0 Å². The molecule has 4 heteroatoms. The third-order valence-electron chi connectivity index (χ3n) is 11.3. The fourth-order valence-corrected chi connectivity index (χ4v) is 8.15. The Morgan fingerprint density at radius 1 is 0.589 bits per heavy atom. The summed E-state index contributed by atoms with van der Waals surface area (Å²) in [6, 6.07) is 53.4. The van der Waals surface area contributed by atoms with E-state index >= 15 is 0 Å². The first-order valence-electron chi connectivity index (χ1n) is 20.6. The quantitative estimate of drug-likeness (QED) is 0.178. The Bertz CT molecular complexity index is 2740. The highest BCUT2D eigenvalue weighted by atomic mass is 16.3. The van der Waals surface area contributed by atoms with Crippen molar-refractivity contribution in [1.82, 2.24) is 14.5 Å². The van der Waals surface area contributed by atoms with Crippen LogP contribution in [0.25, 0.3) is 61.6 Å². The number of para-hydroxylation sites is 2. The van der Waals surface area contributed by atoms with Crippen molar-refractivity contribution in [3.05, 3.63) is 181 Å². The summed E-state index contributed by atoms with van der Waals surface area (Å²) in [5, 5.41) is 11.2. The van der Waals surface area contributed by atoms with Crippen molar-refractivity contribution in [3.8, 4) is 56.3 Å². The maximum Gasteiger partial charge on any atom is 0.149 e. The highest BCUT2D eigenvalue weighted by Crippen LogP contribution is 2.42. The van der Waals surface area contributed by atoms with Crippen LogP contribution in [0.1, 0.15) is 77.7 Å². The van der Waals surface area contributed by atoms with Gasteiger partial charge in [-0.25, -0.2) is 4.98 Å². The molecule has 1 N–H and O–H groups in total. The number of aromatic hydroxyl groups is 1. The number of imidazole rings is 1. The summed E-state index contributed by atoms with van der Waals surface area (Å²) in [6.45, 7) is 6.71. The summed E-state index contributed by atoms with van der Waals surface area (Å²) >= 11 is 0. The van der Waals surface area contributed by atoms with E-state index in [0.717, 1.165) is 61.4 Å². The van der Waals surface area contributed by atoms with Gasteiger partial charge in [0.25, 0.3) is 0 Å². The Labute approximate surface area is 333 Å². The van der Waals surface area contributed by atoms with E-state index in [1.54, 1.807) is 6.07 Å². The Morgan fingerprint density at radius 3 is 1.91 bits per heavy atom. The highest BCUT2D eigenvalue weighted by Gasteiger charge is 2.25. The lowest BCUT2D eigenvalue weighted by Gasteiger charge is -2.29. The molecule has 0 amide bonds. The minimum atomic E-state index is -0.770. The lowest BCUT2D eigenvalue weighted by molar-refractivity contribution is 0.396. The minimum absolute atomic E-state index is 0.130. The van der Waals surface area contributed by atoms with E-state index in [-0.39, 0.29) is 11.2 Å². The SMILES string of the molecule is [2H]C1(c2ccccc2)CCC([2H])(c2ccc(-n3c(-c4ccccc4O)nc4c(-c5cc(-c6cc(-c7ccccc7)ccn6)cc(C(C)(C)C)c5)cccc43)cc2)CC1. The number of rotatable bonds is 7. The summed E-state index contributed by atoms with van der Waals surface area (Å²) in [5.74, 6) is -0.642. The van der Waals surface area contributed by atoms with E-state index in [4.69, 9.17) is 9.97 Å². The van der Waals surface area contributed by atoms with Crippen molar-refractivity contribution in [1.29, 1.82) is 0 Å². The van der Waals surface area contributed by atoms with E-state index in [2.05, 4.69) is 122 Å². The van der Waals surface area contributed by atoms with Gasteiger partial charge < -0.3 is 5.11 Å². The van der Waals surface area contributed by atoms with Crippen LogP contribution < -0.4 is 0 Å². The summed E-state index contributed by atoms with van der Waals surface area (Å²) in [7, 11) is 0. The second kappa shape index (κ2) is 14.8. The molecule has 0 bridgehead atoms. The first kappa shape index (κ1) is 33.1. The average Bonchev–Trinajstić information content (AvgIpc) is 3.65. The largest absolute Gasteiger partial charge is 0.507 e. The molecule has 1 aliphatic carbocycles. The summed E-state index contributed by atoms with van der Waals surface area (Å²) in [5.41, 5.74) is 12.5. The number of hydrogen-bond donors (Lipinski definition) is 1. The number of phenolic OH excluding ortho intramolecular Hbond substituents is 1. The maximum absolute atomic E-state index is 11.2. The van der Waals surface area contributed by atoms with Gasteiger partial charge in [0, 0.05) is 25.8 Å². The van der Waals surface area contributed by atoms with E-state index in [1.807, 2.05) is 60.8 Å². The predicted octanol–water partition coefficient (Wildman–Crippen LogP) is 13.5. The van der Waals surface area contributed by atoms with Gasteiger partial charge in [0.15, 0.2) is 0 Å². The Kier molecular flexibility index (Phi) is 8.73. The first-order valence-corrected chi connectivity index (χ1v) is 19.6. The Balaban J connectivity index is 1.14. The van der Waals surface area contributed by atoms with Crippen LogP contribution in [0.2, 0.25) is 0 Å². The molecule has 1 fully saturated rings. The van der Waals surface area contributed by atoms with E-state index in [1.165, 1.54) is 5.56 Å². The zero-order chi connectivity index (χ0) is 40.1. The molecule has 9 rings (SSSR count). The molecule has 0 radical (unpaired) electrons. The van der Waals surface area contributed by atoms with Crippen LogP contribution in [0.3, 0.4) is 0 Å². The summed E-state index contributed by atoms with van der Waals surface area (Å²) < 4.78 is 20.9. The van der Waals surface area contributed by atoms with Gasteiger partial charge in [0.05, 0.1) is 22.3 Å². The molecular weight excluding hydrogens is 683 g/mol. The van der Waals surface area contributed by atoms with Gasteiger partial charge in [-0.1, -0.05) is 124 Å². The highest BCUT2D eigenvalue weighted by molar-refractivity contribution is 5.96. The van der Waals surface area contributed by atoms with Crippen molar-refractivity contribution in [3.63, 3.8) is 0 Å². The van der Waals surface area contributed by atoms with Crippen LogP contribution in [-0.4, -0.2) is 19.6 Å². The van der Waals surface area contributed by atoms with Gasteiger partial charge in [0.1, 0.15) is 11.6 Å². The topological polar surface area (TPSA) is 50.9 Å². The second-order valence-electron chi connectivity index (χ2n) is 15.9. The monoisotopic (exact) mass is 731 g/mol. The number of aromatic nitrogens is 3. The third-order valence-corrected chi connectivity index (χ3v) is 11.3. The van der Waals surface area contributed by atoms with Crippen LogP contribution in [0.5, 0.6) is 5.75 Å². The van der Waals surface area contributed by atoms with Gasteiger partial charge in [-0.2, -0.15) is 0 Å². The van der Waals surface area contributed by atoms with Gasteiger partial charge in [-0.15, -0.1) is 0 Å². The predicted molar refractivity (Wildman–Crippen MR) is 231 cm³/mol. The maximum atomic E-state index is 11.2. The number of nitrogens with zero attached hydrogens (tertiary/aromatic N) is 3. The molecule has 1 aliphatic rings. The zero-order valence-electron chi connectivity index (χ0n) is 34.2. The van der Waals surface area contributed by atoms with E-state index < -0.39 is 11.8 Å². The smallest absolute Gasteiger partial charge is 0.149 e. The molecule has 2 aromatic heterocycles. The van der Waals surface area contributed by atoms with Crippen molar-refractivity contribution in [2.24, 2.45) is 0 Å². The number of pyridine rings is 1. The molecule has 2 heterocycles. The van der Waals surface area contributed by atoms with Gasteiger partial charge >= 0.3 is 0 Å². The normalized spacial score (nSPS) is 19.1. The fraction of sp³-hybridized carbons (Fsp3) is 0.192. The standard InChI is InChI=1S/C52H47N3O/c1-52(2,3)43-32-41(31-42(33-43)47-34-40(29-30-53-47)36-15-8-5-9-16-36)45-18-12-19-48-50(45)54-51(46-17-10-11-20-49(46)56)55(48)44-27-25-39(26-28-44)38-23-21-37(22-24-38)35-13-6-4-7-14-35/h4-20,25-34,37-38,56H,21-24H2,1-3H3/i37D,38D. The Morgan fingerprint density at radius 2 is 1.21 bits per heavy atom. The van der Waals surface area contributed by atoms with Crippen molar-refractivity contribution < 1.29 is 7.85 Å². The average molecular weight is 732 g/mol. The lowest BCUT2D eigenvalue weighted by atomic mass is 9.76. The minimum Gasteiger partial charge on any atom is -0.507 e. The molecule has 1 saturated carbocycles. The summed E-state index contributed by atoms with van der Waals surface area (Å²) in [4.78, 5) is 10.2. The number of phenols is 1. The molecule has 4 nitrogen and oxygen atoms in total. The molecular formula is C52H47N3O.